The summed E-state index contributed by atoms with van der Waals surface area (Å²) in [6, 6.07) is 12.0. The molecular weight excluding hydrogens is 615 g/mol. The predicted molar refractivity (Wildman–Crippen MR) is 155 cm³/mol. The van der Waals surface area contributed by atoms with Crippen molar-refractivity contribution in [1.82, 2.24) is 20.4 Å². The summed E-state index contributed by atoms with van der Waals surface area (Å²) < 4.78 is 24.6. The maximum absolute atomic E-state index is 12.9. The molecule has 0 aliphatic carbocycles. The largest absolute Gasteiger partial charge is 0.493 e. The number of fused-ring (bicyclic) bond motifs is 1. The van der Waals surface area contributed by atoms with E-state index in [0.717, 1.165) is 19.5 Å². The lowest BCUT2D eigenvalue weighted by Crippen LogP contribution is -2.26. The van der Waals surface area contributed by atoms with Crippen LogP contribution in [0.2, 0.25) is 0 Å². The van der Waals surface area contributed by atoms with E-state index in [-0.39, 0.29) is 17.6 Å². The number of amides is 2. The summed E-state index contributed by atoms with van der Waals surface area (Å²) in [7, 11) is 1.59. The fraction of sp³-hybridized carbons (Fsp3) is 0.333. The Kier molecular flexibility index (Phi) is 7.75. The van der Waals surface area contributed by atoms with E-state index in [2.05, 4.69) is 25.8 Å². The van der Waals surface area contributed by atoms with Gasteiger partial charge in [-0.15, -0.1) is 0 Å². The van der Waals surface area contributed by atoms with E-state index in [4.69, 9.17) is 18.7 Å². The molecule has 11 nitrogen and oxygen atoms in total. The molecule has 5 rings (SSSR count). The molecule has 12 heteroatoms. The quantitative estimate of drug-likeness (QED) is 0.189. The third kappa shape index (κ3) is 6.17. The SMILES string of the molecule is COc1cc2c(Oc3cccc(NC(=O)N(I)c4cc(C(C)(C)C)on4)c3)ncnc2cc1OC1CCNC1. The second-order valence-electron chi connectivity index (χ2n) is 10.1. The molecule has 1 atom stereocenters. The van der Waals surface area contributed by atoms with Crippen LogP contribution in [0.1, 0.15) is 33.0 Å². The van der Waals surface area contributed by atoms with Crippen LogP contribution in [0.25, 0.3) is 10.9 Å². The number of rotatable bonds is 7. The van der Waals surface area contributed by atoms with E-state index >= 15 is 0 Å². The lowest BCUT2D eigenvalue weighted by Gasteiger charge is -2.17. The van der Waals surface area contributed by atoms with Crippen molar-refractivity contribution >= 4 is 51.3 Å². The van der Waals surface area contributed by atoms with E-state index in [1.807, 2.05) is 55.8 Å². The summed E-state index contributed by atoms with van der Waals surface area (Å²) in [4.78, 5) is 21.6. The summed E-state index contributed by atoms with van der Waals surface area (Å²) >= 11 is 1.89. The fourth-order valence-electron chi connectivity index (χ4n) is 4.02. The van der Waals surface area contributed by atoms with Crippen LogP contribution in [-0.4, -0.2) is 47.5 Å². The van der Waals surface area contributed by atoms with Crippen molar-refractivity contribution in [1.29, 1.82) is 0 Å². The van der Waals surface area contributed by atoms with E-state index < -0.39 is 0 Å². The topological polar surface area (TPSA) is 124 Å². The number of nitrogens with zero attached hydrogens (tertiary/aromatic N) is 4. The highest BCUT2D eigenvalue weighted by Crippen LogP contribution is 2.37. The van der Waals surface area contributed by atoms with Gasteiger partial charge in [0.15, 0.2) is 17.3 Å². The normalized spacial score (nSPS) is 15.3. The minimum absolute atomic E-state index is 0.0788. The molecule has 0 radical (unpaired) electrons. The molecule has 2 amide bonds. The highest BCUT2D eigenvalue weighted by Gasteiger charge is 2.24. The lowest BCUT2D eigenvalue weighted by atomic mass is 9.93. The molecule has 39 heavy (non-hydrogen) atoms. The van der Waals surface area contributed by atoms with E-state index in [0.29, 0.717) is 51.3 Å². The molecule has 2 aromatic heterocycles. The molecule has 204 valence electrons. The van der Waals surface area contributed by atoms with E-state index in [1.54, 1.807) is 37.4 Å². The van der Waals surface area contributed by atoms with Crippen molar-refractivity contribution in [2.24, 2.45) is 0 Å². The second kappa shape index (κ2) is 11.2. The zero-order valence-electron chi connectivity index (χ0n) is 22.0. The van der Waals surface area contributed by atoms with Gasteiger partial charge in [-0.1, -0.05) is 32.0 Å². The highest BCUT2D eigenvalue weighted by molar-refractivity contribution is 14.1. The van der Waals surface area contributed by atoms with Crippen LogP contribution in [0.15, 0.2) is 53.3 Å². The van der Waals surface area contributed by atoms with Crippen molar-refractivity contribution < 1.29 is 23.5 Å². The van der Waals surface area contributed by atoms with Gasteiger partial charge in [-0.05, 0) is 31.2 Å². The monoisotopic (exact) mass is 644 g/mol. The zero-order valence-corrected chi connectivity index (χ0v) is 24.2. The van der Waals surface area contributed by atoms with Gasteiger partial charge < -0.3 is 29.4 Å². The standard InChI is InChI=1S/C27H29IN6O5/c1-27(2,3)23-13-24(33-39-23)34(28)26(35)32-16-6-5-7-17(10-16)38-25-19-11-21(36-4)22(12-20(19)30-15-31-25)37-18-8-9-29-14-18/h5-7,10-13,15,18,29H,8-9,14H2,1-4H3,(H,32,35). The Morgan fingerprint density at radius 3 is 2.74 bits per heavy atom. The summed E-state index contributed by atoms with van der Waals surface area (Å²) in [6.07, 6.45) is 2.45. The van der Waals surface area contributed by atoms with Gasteiger partial charge >= 0.3 is 6.03 Å². The number of hydrogen-bond donors (Lipinski definition) is 2. The molecule has 0 saturated carbocycles. The number of ether oxygens (including phenoxy) is 3. The molecule has 1 fully saturated rings. The third-order valence-corrected chi connectivity index (χ3v) is 7.04. The predicted octanol–water partition coefficient (Wildman–Crippen LogP) is 5.85. The Hall–Kier alpha value is -3.65. The number of aromatic nitrogens is 3. The Morgan fingerprint density at radius 2 is 2.03 bits per heavy atom. The summed E-state index contributed by atoms with van der Waals surface area (Å²) in [6.45, 7) is 7.75. The first-order valence-corrected chi connectivity index (χ1v) is 13.4. The maximum Gasteiger partial charge on any atom is 0.336 e. The summed E-state index contributed by atoms with van der Waals surface area (Å²) in [5.74, 6) is 3.12. The lowest BCUT2D eigenvalue weighted by molar-refractivity contribution is 0.213. The van der Waals surface area contributed by atoms with Crippen LogP contribution >= 0.6 is 22.9 Å². The van der Waals surface area contributed by atoms with E-state index in [1.165, 1.54) is 9.44 Å². The van der Waals surface area contributed by atoms with Gasteiger partial charge in [0.1, 0.15) is 23.9 Å². The van der Waals surface area contributed by atoms with Crippen molar-refractivity contribution in [3.05, 3.63) is 54.6 Å². The Labute approximate surface area is 239 Å². The summed E-state index contributed by atoms with van der Waals surface area (Å²) in [5.41, 5.74) is 0.978. The Balaban J connectivity index is 1.33. The van der Waals surface area contributed by atoms with Crippen LogP contribution in [0.4, 0.5) is 16.3 Å². The number of nitrogens with one attached hydrogen (secondary N) is 2. The van der Waals surface area contributed by atoms with Gasteiger partial charge in [0.25, 0.3) is 0 Å². The molecule has 2 aromatic carbocycles. The van der Waals surface area contributed by atoms with Crippen LogP contribution in [-0.2, 0) is 5.41 Å². The molecule has 3 heterocycles. The van der Waals surface area contributed by atoms with Gasteiger partial charge in [-0.3, -0.25) is 0 Å². The Morgan fingerprint density at radius 1 is 1.18 bits per heavy atom. The summed E-state index contributed by atoms with van der Waals surface area (Å²) in [5, 5.41) is 10.8. The molecule has 2 N–H and O–H groups in total. The molecule has 1 aliphatic heterocycles. The number of anilines is 2. The number of urea groups is 1. The van der Waals surface area contributed by atoms with Gasteiger partial charge in [-0.25, -0.2) is 17.9 Å². The van der Waals surface area contributed by atoms with Crippen molar-refractivity contribution in [3.8, 4) is 23.1 Å². The third-order valence-electron chi connectivity index (χ3n) is 6.11. The van der Waals surface area contributed by atoms with Crippen molar-refractivity contribution in [2.45, 2.75) is 38.7 Å². The smallest absolute Gasteiger partial charge is 0.336 e. The Bertz CT molecular complexity index is 1480. The van der Waals surface area contributed by atoms with Gasteiger partial charge in [-0.2, -0.15) is 0 Å². The second-order valence-corrected chi connectivity index (χ2v) is 11.0. The van der Waals surface area contributed by atoms with E-state index in [9.17, 15) is 4.79 Å². The first-order chi connectivity index (χ1) is 18.7. The fourth-order valence-corrected chi connectivity index (χ4v) is 4.37. The molecule has 1 unspecified atom stereocenters. The molecule has 4 aromatic rings. The average molecular weight is 644 g/mol. The molecule has 1 aliphatic rings. The minimum atomic E-state index is -0.385. The molecule has 1 saturated heterocycles. The van der Waals surface area contributed by atoms with Crippen LogP contribution in [0.5, 0.6) is 23.1 Å². The maximum atomic E-state index is 12.9. The molecule has 0 bridgehead atoms. The number of benzene rings is 2. The minimum Gasteiger partial charge on any atom is -0.493 e. The van der Waals surface area contributed by atoms with Gasteiger partial charge in [0.2, 0.25) is 5.88 Å². The zero-order chi connectivity index (χ0) is 27.6. The van der Waals surface area contributed by atoms with Crippen molar-refractivity contribution in [2.75, 3.05) is 28.6 Å². The van der Waals surface area contributed by atoms with Crippen LogP contribution < -0.4 is 28.0 Å². The van der Waals surface area contributed by atoms with Gasteiger partial charge in [0, 0.05) is 35.8 Å². The van der Waals surface area contributed by atoms with Crippen LogP contribution in [0.3, 0.4) is 0 Å². The number of methoxy groups -OCH3 is 1. The van der Waals surface area contributed by atoms with Crippen LogP contribution in [0, 0.1) is 0 Å². The first kappa shape index (κ1) is 26.9. The number of carbonyl (C=O) groups excluding carboxylic acids is 1. The molecule has 0 spiro atoms. The number of halogens is 1. The number of hydrogen-bond acceptors (Lipinski definition) is 9. The van der Waals surface area contributed by atoms with Crippen molar-refractivity contribution in [3.63, 3.8) is 0 Å². The first-order valence-electron chi connectivity index (χ1n) is 12.4. The number of carbonyl (C=O) groups is 1. The van der Waals surface area contributed by atoms with Gasteiger partial charge in [0.05, 0.1) is 40.9 Å². The highest BCUT2D eigenvalue weighted by atomic mass is 127. The molecular formula is C27H29IN6O5. The average Bonchev–Trinajstić information content (AvgIpc) is 3.61.